The quantitative estimate of drug-likeness (QED) is 0.889. The molecule has 1 aliphatic rings. The van der Waals surface area contributed by atoms with Crippen molar-refractivity contribution in [1.29, 1.82) is 0 Å². The van der Waals surface area contributed by atoms with E-state index in [1.807, 2.05) is 6.92 Å². The first-order valence-corrected chi connectivity index (χ1v) is 7.24. The number of nitrogens with zero attached hydrogens (tertiary/aromatic N) is 2. The Labute approximate surface area is 118 Å². The summed E-state index contributed by atoms with van der Waals surface area (Å²) in [6.45, 7) is 3.80. The number of anilines is 1. The molecule has 1 N–H and O–H groups in total. The number of hydrogen-bond acceptors (Lipinski definition) is 2. The van der Waals surface area contributed by atoms with Crippen molar-refractivity contribution in [2.75, 3.05) is 5.32 Å². The van der Waals surface area contributed by atoms with Gasteiger partial charge < -0.3 is 5.32 Å². The third-order valence-electron chi connectivity index (χ3n) is 3.32. The van der Waals surface area contributed by atoms with E-state index in [2.05, 4.69) is 26.3 Å². The average Bonchev–Trinajstić information content (AvgIpc) is 2.62. The number of fused-ring (bicyclic) bond motifs is 1. The SMILES string of the molecule is CCCCc1nn2c(c1Br)NC(C)CC2C(F)(F)F. The second kappa shape index (κ2) is 5.34. The van der Waals surface area contributed by atoms with Crippen LogP contribution >= 0.6 is 15.9 Å². The van der Waals surface area contributed by atoms with Gasteiger partial charge in [0.25, 0.3) is 0 Å². The number of hydrogen-bond donors (Lipinski definition) is 1. The van der Waals surface area contributed by atoms with Crippen molar-refractivity contribution < 1.29 is 13.2 Å². The third-order valence-corrected chi connectivity index (χ3v) is 4.15. The summed E-state index contributed by atoms with van der Waals surface area (Å²) >= 11 is 3.38. The van der Waals surface area contributed by atoms with E-state index in [1.54, 1.807) is 6.92 Å². The van der Waals surface area contributed by atoms with Gasteiger partial charge in [0.15, 0.2) is 6.04 Å². The number of nitrogens with one attached hydrogen (secondary N) is 1. The number of alkyl halides is 3. The van der Waals surface area contributed by atoms with Crippen LogP contribution in [0.15, 0.2) is 4.47 Å². The molecule has 0 amide bonds. The summed E-state index contributed by atoms with van der Waals surface area (Å²) in [4.78, 5) is 0. The Kier molecular flexibility index (Phi) is 4.13. The molecular weight excluding hydrogens is 323 g/mol. The van der Waals surface area contributed by atoms with E-state index in [1.165, 1.54) is 0 Å². The highest BCUT2D eigenvalue weighted by Gasteiger charge is 2.46. The number of halogens is 4. The molecule has 2 unspecified atom stereocenters. The Balaban J connectivity index is 2.38. The highest BCUT2D eigenvalue weighted by Crippen LogP contribution is 2.42. The van der Waals surface area contributed by atoms with Gasteiger partial charge in [-0.3, -0.25) is 0 Å². The van der Waals surface area contributed by atoms with Crippen molar-refractivity contribution >= 4 is 21.7 Å². The zero-order valence-electron chi connectivity index (χ0n) is 10.9. The summed E-state index contributed by atoms with van der Waals surface area (Å²) in [6, 6.07) is -1.75. The Bertz CT molecular complexity index is 456. The summed E-state index contributed by atoms with van der Waals surface area (Å²) in [6.07, 6.45) is -1.66. The summed E-state index contributed by atoms with van der Waals surface area (Å²) in [7, 11) is 0. The zero-order valence-corrected chi connectivity index (χ0v) is 12.5. The molecule has 7 heteroatoms. The second-order valence-electron chi connectivity index (χ2n) is 5.00. The van der Waals surface area contributed by atoms with Gasteiger partial charge in [0.1, 0.15) is 5.82 Å². The lowest BCUT2D eigenvalue weighted by Gasteiger charge is -2.31. The Morgan fingerprint density at radius 2 is 2.16 bits per heavy atom. The van der Waals surface area contributed by atoms with Crippen LogP contribution in [-0.4, -0.2) is 22.0 Å². The largest absolute Gasteiger partial charge is 0.410 e. The van der Waals surface area contributed by atoms with Crippen molar-refractivity contribution in [3.63, 3.8) is 0 Å². The molecule has 0 saturated heterocycles. The van der Waals surface area contributed by atoms with Crippen molar-refractivity contribution in [3.8, 4) is 0 Å². The monoisotopic (exact) mass is 339 g/mol. The summed E-state index contributed by atoms with van der Waals surface area (Å²) in [5.41, 5.74) is 0.702. The molecule has 2 heterocycles. The Morgan fingerprint density at radius 1 is 1.47 bits per heavy atom. The lowest BCUT2D eigenvalue weighted by Crippen LogP contribution is -2.38. The van der Waals surface area contributed by atoms with E-state index in [-0.39, 0.29) is 12.5 Å². The predicted molar refractivity (Wildman–Crippen MR) is 71.3 cm³/mol. The van der Waals surface area contributed by atoms with Crippen LogP contribution in [0, 0.1) is 0 Å². The minimum atomic E-state index is -4.27. The van der Waals surface area contributed by atoms with E-state index in [9.17, 15) is 13.2 Å². The van der Waals surface area contributed by atoms with Gasteiger partial charge in [0.2, 0.25) is 0 Å². The minimum Gasteiger partial charge on any atom is -0.367 e. The van der Waals surface area contributed by atoms with Crippen LogP contribution in [0.25, 0.3) is 0 Å². The van der Waals surface area contributed by atoms with Gasteiger partial charge in [-0.25, -0.2) is 4.68 Å². The van der Waals surface area contributed by atoms with Crippen LogP contribution in [-0.2, 0) is 6.42 Å². The zero-order chi connectivity index (χ0) is 14.2. The van der Waals surface area contributed by atoms with E-state index < -0.39 is 12.2 Å². The van der Waals surface area contributed by atoms with Gasteiger partial charge in [0.05, 0.1) is 10.2 Å². The van der Waals surface area contributed by atoms with E-state index in [0.717, 1.165) is 17.5 Å². The maximum atomic E-state index is 13.1. The molecule has 0 saturated carbocycles. The van der Waals surface area contributed by atoms with Gasteiger partial charge in [-0.1, -0.05) is 13.3 Å². The molecule has 1 aliphatic heterocycles. The van der Waals surface area contributed by atoms with Crippen molar-refractivity contribution in [3.05, 3.63) is 10.2 Å². The minimum absolute atomic E-state index is 0.0117. The normalized spacial score (nSPS) is 23.1. The molecule has 2 rings (SSSR count). The molecule has 0 fully saturated rings. The predicted octanol–water partition coefficient (Wildman–Crippen LogP) is 4.30. The van der Waals surface area contributed by atoms with Crippen LogP contribution in [0.3, 0.4) is 0 Å². The van der Waals surface area contributed by atoms with Crippen molar-refractivity contribution in [2.45, 2.75) is 57.8 Å². The van der Waals surface area contributed by atoms with E-state index in [4.69, 9.17) is 0 Å². The molecule has 19 heavy (non-hydrogen) atoms. The smallest absolute Gasteiger partial charge is 0.367 e. The van der Waals surface area contributed by atoms with E-state index in [0.29, 0.717) is 22.4 Å². The van der Waals surface area contributed by atoms with Crippen LogP contribution < -0.4 is 5.32 Å². The fourth-order valence-corrected chi connectivity index (χ4v) is 2.89. The Hall–Kier alpha value is -0.720. The van der Waals surface area contributed by atoms with Crippen molar-refractivity contribution in [2.24, 2.45) is 0 Å². The highest BCUT2D eigenvalue weighted by atomic mass is 79.9. The maximum Gasteiger partial charge on any atom is 0.410 e. The van der Waals surface area contributed by atoms with E-state index >= 15 is 0 Å². The number of aryl methyl sites for hydroxylation is 1. The lowest BCUT2D eigenvalue weighted by atomic mass is 10.1. The molecule has 0 aromatic carbocycles. The van der Waals surface area contributed by atoms with Gasteiger partial charge in [-0.05, 0) is 42.1 Å². The van der Waals surface area contributed by atoms with Gasteiger partial charge in [-0.2, -0.15) is 18.3 Å². The Morgan fingerprint density at radius 3 is 2.74 bits per heavy atom. The standard InChI is InChI=1S/C12H17BrF3N3/c1-3-4-5-8-10(13)11-17-7(2)6-9(12(14,15)16)19(11)18-8/h7,9,17H,3-6H2,1-2H3. The van der Waals surface area contributed by atoms with Gasteiger partial charge >= 0.3 is 6.18 Å². The lowest BCUT2D eigenvalue weighted by molar-refractivity contribution is -0.173. The number of aromatic nitrogens is 2. The first kappa shape index (κ1) is 14.7. The molecule has 0 bridgehead atoms. The summed E-state index contributed by atoms with van der Waals surface area (Å²) < 4.78 is 41.0. The molecule has 0 spiro atoms. The van der Waals surface area contributed by atoms with Crippen molar-refractivity contribution in [1.82, 2.24) is 9.78 Å². The maximum absolute atomic E-state index is 13.1. The molecule has 1 aromatic heterocycles. The number of unbranched alkanes of at least 4 members (excludes halogenated alkanes) is 1. The third kappa shape index (κ3) is 2.90. The molecular formula is C12H17BrF3N3. The van der Waals surface area contributed by atoms with Crippen LogP contribution in [0.1, 0.15) is 44.8 Å². The molecule has 0 aliphatic carbocycles. The second-order valence-corrected chi connectivity index (χ2v) is 5.79. The highest BCUT2D eigenvalue weighted by molar-refractivity contribution is 9.10. The first-order valence-electron chi connectivity index (χ1n) is 6.44. The summed E-state index contributed by atoms with van der Waals surface area (Å²) in [5.74, 6) is 0.451. The first-order chi connectivity index (χ1) is 8.84. The van der Waals surface area contributed by atoms with Gasteiger partial charge in [0, 0.05) is 6.04 Å². The van der Waals surface area contributed by atoms with Crippen LogP contribution in [0.4, 0.5) is 19.0 Å². The number of rotatable bonds is 3. The topological polar surface area (TPSA) is 29.9 Å². The summed E-state index contributed by atoms with van der Waals surface area (Å²) in [5, 5.41) is 7.24. The average molecular weight is 340 g/mol. The van der Waals surface area contributed by atoms with Gasteiger partial charge in [-0.15, -0.1) is 0 Å². The van der Waals surface area contributed by atoms with Crippen LogP contribution in [0.5, 0.6) is 0 Å². The molecule has 1 aromatic rings. The molecule has 2 atom stereocenters. The molecule has 0 radical (unpaired) electrons. The molecule has 108 valence electrons. The molecule has 3 nitrogen and oxygen atoms in total. The fraction of sp³-hybridized carbons (Fsp3) is 0.750. The fourth-order valence-electron chi connectivity index (χ4n) is 2.32. The van der Waals surface area contributed by atoms with Crippen LogP contribution in [0.2, 0.25) is 0 Å².